The number of halogens is 1. The summed E-state index contributed by atoms with van der Waals surface area (Å²) >= 11 is 7.27. The van der Waals surface area contributed by atoms with Crippen LogP contribution in [0.5, 0.6) is 11.5 Å². The van der Waals surface area contributed by atoms with E-state index in [1.54, 1.807) is 18.6 Å². The van der Waals surface area contributed by atoms with Gasteiger partial charge in [0.2, 0.25) is 0 Å². The minimum Gasteiger partial charge on any atom is -0.497 e. The van der Waals surface area contributed by atoms with Gasteiger partial charge in [0, 0.05) is 10.7 Å². The Kier molecular flexibility index (Phi) is 8.45. The molecule has 0 radical (unpaired) electrons. The number of carbonyl (C=O) groups excluding carboxylic acids is 1. The number of hydrogen-bond donors (Lipinski definition) is 1. The Balaban J connectivity index is 1.39. The van der Waals surface area contributed by atoms with Gasteiger partial charge in [-0.3, -0.25) is 14.2 Å². The number of amides is 1. The molecule has 0 spiro atoms. The first kappa shape index (κ1) is 29.2. The number of hydrogen-bond acceptors (Lipinski definition) is 6. The highest BCUT2D eigenvalue weighted by molar-refractivity contribution is 7.07. The van der Waals surface area contributed by atoms with Gasteiger partial charge in [0.1, 0.15) is 18.1 Å². The lowest BCUT2D eigenvalue weighted by molar-refractivity contribution is -0.113. The molecule has 1 aliphatic heterocycles. The second-order valence-corrected chi connectivity index (χ2v) is 11.6. The smallest absolute Gasteiger partial charge is 0.271 e. The normalized spacial score (nSPS) is 14.5. The highest BCUT2D eigenvalue weighted by Gasteiger charge is 2.32. The molecule has 2 heterocycles. The molecular weight excluding hydrogens is 594 g/mol. The predicted molar refractivity (Wildman–Crippen MR) is 174 cm³/mol. The van der Waals surface area contributed by atoms with Gasteiger partial charge in [-0.25, -0.2) is 4.99 Å². The van der Waals surface area contributed by atoms with Gasteiger partial charge in [0.05, 0.1) is 29.0 Å². The van der Waals surface area contributed by atoms with E-state index in [4.69, 9.17) is 26.1 Å². The number of thiazole rings is 1. The zero-order valence-electron chi connectivity index (χ0n) is 24.0. The second kappa shape index (κ2) is 12.8. The number of fused-ring (bicyclic) bond motifs is 1. The van der Waals surface area contributed by atoms with Crippen molar-refractivity contribution < 1.29 is 14.3 Å². The topological polar surface area (TPSA) is 81.9 Å². The molecule has 5 aromatic rings. The monoisotopic (exact) mass is 621 g/mol. The minimum absolute atomic E-state index is 0.244. The van der Waals surface area contributed by atoms with E-state index in [0.717, 1.165) is 16.7 Å². The zero-order valence-corrected chi connectivity index (χ0v) is 25.6. The lowest BCUT2D eigenvalue weighted by Gasteiger charge is -2.25. The fourth-order valence-corrected chi connectivity index (χ4v) is 6.22. The first-order chi connectivity index (χ1) is 21.4. The molecule has 9 heteroatoms. The zero-order chi connectivity index (χ0) is 30.6. The molecule has 4 aromatic carbocycles. The maximum Gasteiger partial charge on any atom is 0.271 e. The van der Waals surface area contributed by atoms with Gasteiger partial charge in [-0.2, -0.15) is 0 Å². The van der Waals surface area contributed by atoms with Crippen molar-refractivity contribution in [2.45, 2.75) is 19.6 Å². The van der Waals surface area contributed by atoms with Gasteiger partial charge in [-0.1, -0.05) is 77.5 Å². The molecule has 0 saturated heterocycles. The Labute approximate surface area is 263 Å². The number of benzene rings is 4. The maximum absolute atomic E-state index is 14.1. The van der Waals surface area contributed by atoms with E-state index in [-0.39, 0.29) is 11.5 Å². The molecular formula is C35H28ClN3O4S. The summed E-state index contributed by atoms with van der Waals surface area (Å²) in [7, 11) is 1.59. The molecule has 220 valence electrons. The fourth-order valence-electron chi connectivity index (χ4n) is 5.05. The van der Waals surface area contributed by atoms with Gasteiger partial charge >= 0.3 is 0 Å². The number of nitrogens with one attached hydrogen (secondary N) is 1. The van der Waals surface area contributed by atoms with Gasteiger partial charge in [0.25, 0.3) is 11.5 Å². The van der Waals surface area contributed by atoms with E-state index in [1.807, 2.05) is 109 Å². The van der Waals surface area contributed by atoms with Crippen LogP contribution >= 0.6 is 22.9 Å². The van der Waals surface area contributed by atoms with Crippen molar-refractivity contribution in [2.75, 3.05) is 12.4 Å². The Morgan fingerprint density at radius 2 is 1.73 bits per heavy atom. The first-order valence-electron chi connectivity index (χ1n) is 13.9. The van der Waals surface area contributed by atoms with Crippen molar-refractivity contribution in [1.82, 2.24) is 4.57 Å². The standard InChI is InChI=1S/C35H28ClN3O4S/c1-22-31(33(40)38-27-10-4-3-5-11-27)32(25-9-7-12-28(20-25)42-2)39-34(41)30(44-35(39)37-22)19-24-8-6-13-29(18-24)43-21-23-14-16-26(36)17-15-23/h3-20,32H,21H2,1-2H3,(H,38,40)/b30-19+/t32-/m1/s1. The highest BCUT2D eigenvalue weighted by atomic mass is 35.5. The molecule has 0 unspecified atom stereocenters. The number of ether oxygens (including phenoxy) is 2. The Morgan fingerprint density at radius 1 is 0.977 bits per heavy atom. The van der Waals surface area contributed by atoms with Crippen molar-refractivity contribution in [3.05, 3.63) is 156 Å². The lowest BCUT2D eigenvalue weighted by atomic mass is 9.95. The average Bonchev–Trinajstić information content (AvgIpc) is 3.34. The Hall–Kier alpha value is -4.92. The summed E-state index contributed by atoms with van der Waals surface area (Å²) in [6.45, 7) is 2.18. The number of anilines is 1. The molecule has 1 atom stereocenters. The molecule has 6 rings (SSSR count). The molecule has 1 aromatic heterocycles. The van der Waals surface area contributed by atoms with Crippen LogP contribution in [0.2, 0.25) is 5.02 Å². The van der Waals surface area contributed by atoms with E-state index >= 15 is 0 Å². The minimum atomic E-state index is -0.707. The van der Waals surface area contributed by atoms with Crippen molar-refractivity contribution in [2.24, 2.45) is 4.99 Å². The molecule has 7 nitrogen and oxygen atoms in total. The van der Waals surface area contributed by atoms with E-state index in [1.165, 1.54) is 11.3 Å². The highest BCUT2D eigenvalue weighted by Crippen LogP contribution is 2.32. The summed E-state index contributed by atoms with van der Waals surface area (Å²) < 4.78 is 13.6. The summed E-state index contributed by atoms with van der Waals surface area (Å²) in [5.74, 6) is 0.967. The fraction of sp³-hybridized carbons (Fsp3) is 0.114. The molecule has 0 fully saturated rings. The lowest BCUT2D eigenvalue weighted by Crippen LogP contribution is -2.40. The molecule has 0 aliphatic carbocycles. The van der Waals surface area contributed by atoms with Crippen LogP contribution in [-0.2, 0) is 11.4 Å². The van der Waals surface area contributed by atoms with E-state index in [9.17, 15) is 9.59 Å². The molecule has 0 saturated carbocycles. The van der Waals surface area contributed by atoms with Crippen LogP contribution in [0.4, 0.5) is 5.69 Å². The van der Waals surface area contributed by atoms with Gasteiger partial charge in [0.15, 0.2) is 4.80 Å². The maximum atomic E-state index is 14.1. The summed E-state index contributed by atoms with van der Waals surface area (Å²) in [6.07, 6.45) is 1.82. The van der Waals surface area contributed by atoms with Crippen LogP contribution in [0.1, 0.15) is 29.7 Å². The molecule has 1 N–H and O–H groups in total. The van der Waals surface area contributed by atoms with E-state index < -0.39 is 6.04 Å². The summed E-state index contributed by atoms with van der Waals surface area (Å²) in [5, 5.41) is 3.64. The summed E-state index contributed by atoms with van der Waals surface area (Å²) in [4.78, 5) is 33.1. The largest absolute Gasteiger partial charge is 0.497 e. The van der Waals surface area contributed by atoms with Crippen molar-refractivity contribution in [3.8, 4) is 11.5 Å². The predicted octanol–water partition coefficient (Wildman–Crippen LogP) is 6.11. The van der Waals surface area contributed by atoms with Crippen LogP contribution < -0.4 is 29.7 Å². The number of nitrogens with zero attached hydrogens (tertiary/aromatic N) is 2. The molecule has 1 amide bonds. The van der Waals surface area contributed by atoms with Crippen LogP contribution in [-0.4, -0.2) is 17.6 Å². The van der Waals surface area contributed by atoms with Crippen LogP contribution in [0.3, 0.4) is 0 Å². The summed E-state index contributed by atoms with van der Waals surface area (Å²) in [6, 6.07) is 31.0. The number of rotatable bonds is 8. The molecule has 44 heavy (non-hydrogen) atoms. The quantitative estimate of drug-likeness (QED) is 0.227. The van der Waals surface area contributed by atoms with Gasteiger partial charge in [-0.05, 0) is 78.2 Å². The number of aromatic nitrogens is 1. The third-order valence-corrected chi connectivity index (χ3v) is 8.42. The first-order valence-corrected chi connectivity index (χ1v) is 15.1. The SMILES string of the molecule is COc1cccc([C@@H]2C(C(=O)Nc3ccccc3)=C(C)N=c3s/c(=C/c4cccc(OCc5ccc(Cl)cc5)c4)c(=O)n32)c1. The van der Waals surface area contributed by atoms with Crippen molar-refractivity contribution in [3.63, 3.8) is 0 Å². The third kappa shape index (κ3) is 6.22. The van der Waals surface area contributed by atoms with E-state index in [2.05, 4.69) is 5.32 Å². The Morgan fingerprint density at radius 3 is 2.50 bits per heavy atom. The number of allylic oxidation sites excluding steroid dienone is 1. The van der Waals surface area contributed by atoms with Gasteiger partial charge in [-0.15, -0.1) is 0 Å². The number of carbonyl (C=O) groups is 1. The van der Waals surface area contributed by atoms with Gasteiger partial charge < -0.3 is 14.8 Å². The van der Waals surface area contributed by atoms with Crippen LogP contribution in [0.15, 0.2) is 124 Å². The van der Waals surface area contributed by atoms with Crippen molar-refractivity contribution in [1.29, 1.82) is 0 Å². The van der Waals surface area contributed by atoms with Crippen LogP contribution in [0.25, 0.3) is 6.08 Å². The Bertz CT molecular complexity index is 2050. The molecule has 0 bridgehead atoms. The number of para-hydroxylation sites is 1. The van der Waals surface area contributed by atoms with E-state index in [0.29, 0.717) is 49.4 Å². The van der Waals surface area contributed by atoms with Crippen molar-refractivity contribution >= 4 is 40.6 Å². The van der Waals surface area contributed by atoms with Crippen LogP contribution in [0, 0.1) is 0 Å². The average molecular weight is 622 g/mol. The summed E-state index contributed by atoms with van der Waals surface area (Å²) in [5.41, 5.74) is 3.87. The third-order valence-electron chi connectivity index (χ3n) is 7.18. The number of methoxy groups -OCH3 is 1. The molecule has 1 aliphatic rings. The second-order valence-electron chi connectivity index (χ2n) is 10.2.